The van der Waals surface area contributed by atoms with Gasteiger partial charge in [-0.2, -0.15) is 0 Å². The van der Waals surface area contributed by atoms with Gasteiger partial charge in [-0.05, 0) is 44.4 Å². The molecule has 0 aromatic rings. The lowest BCUT2D eigenvalue weighted by Gasteiger charge is -2.25. The molecule has 0 atom stereocenters. The fourth-order valence-corrected chi connectivity index (χ4v) is 2.24. The van der Waals surface area contributed by atoms with Crippen LogP contribution in [-0.2, 0) is 0 Å². The van der Waals surface area contributed by atoms with Gasteiger partial charge in [-0.25, -0.2) is 4.99 Å². The number of nitrogens with zero attached hydrogens (tertiary/aromatic N) is 1. The third-order valence-electron chi connectivity index (χ3n) is 3.63. The van der Waals surface area contributed by atoms with Crippen LogP contribution in [0.3, 0.4) is 0 Å². The molecule has 0 radical (unpaired) electrons. The van der Waals surface area contributed by atoms with E-state index in [0.717, 1.165) is 19.0 Å². The Kier molecular flexibility index (Phi) is 4.25. The van der Waals surface area contributed by atoms with Crippen molar-refractivity contribution in [1.29, 1.82) is 0 Å². The third kappa shape index (κ3) is 3.54. The van der Waals surface area contributed by atoms with Gasteiger partial charge in [-0.1, -0.05) is 18.1 Å². The first-order valence-electron chi connectivity index (χ1n) is 6.56. The van der Waals surface area contributed by atoms with Gasteiger partial charge in [-0.15, -0.1) is 0 Å². The molecule has 16 heavy (non-hydrogen) atoms. The maximum atomic E-state index is 5.83. The largest absolute Gasteiger partial charge is 0.370 e. The summed E-state index contributed by atoms with van der Waals surface area (Å²) >= 11 is 0. The lowest BCUT2D eigenvalue weighted by molar-refractivity contribution is 0.315. The van der Waals surface area contributed by atoms with Gasteiger partial charge in [0.05, 0.1) is 6.54 Å². The van der Waals surface area contributed by atoms with Crippen LogP contribution < -0.4 is 11.1 Å². The van der Waals surface area contributed by atoms with Crippen LogP contribution in [-0.4, -0.2) is 19.0 Å². The van der Waals surface area contributed by atoms with Crippen LogP contribution in [0.2, 0.25) is 0 Å². The molecule has 0 amide bonds. The molecule has 2 aliphatic carbocycles. The van der Waals surface area contributed by atoms with E-state index in [1.807, 2.05) is 0 Å². The second-order valence-corrected chi connectivity index (χ2v) is 4.99. The summed E-state index contributed by atoms with van der Waals surface area (Å²) in [6.45, 7) is 1.80. The predicted octanol–water partition coefficient (Wildman–Crippen LogP) is 2.19. The standard InChI is InChI=1S/C13H23N3/c14-13(16-10-12-7-4-8-12)15-9-11-5-2-1-3-6-11/h5,12H,1-4,6-10H2,(H3,14,15,16). The van der Waals surface area contributed by atoms with Gasteiger partial charge in [0.2, 0.25) is 0 Å². The predicted molar refractivity (Wildman–Crippen MR) is 68.4 cm³/mol. The summed E-state index contributed by atoms with van der Waals surface area (Å²) in [5, 5.41) is 3.22. The van der Waals surface area contributed by atoms with Gasteiger partial charge in [0.1, 0.15) is 0 Å². The van der Waals surface area contributed by atoms with E-state index >= 15 is 0 Å². The molecule has 0 saturated heterocycles. The summed E-state index contributed by atoms with van der Waals surface area (Å²) in [7, 11) is 0. The number of hydrogen-bond acceptors (Lipinski definition) is 1. The molecular formula is C13H23N3. The van der Waals surface area contributed by atoms with Gasteiger partial charge in [0.15, 0.2) is 5.96 Å². The number of aliphatic imine (C=N–C) groups is 1. The molecule has 0 spiro atoms. The molecule has 0 heterocycles. The quantitative estimate of drug-likeness (QED) is 0.434. The highest BCUT2D eigenvalue weighted by molar-refractivity contribution is 5.77. The van der Waals surface area contributed by atoms with E-state index in [0.29, 0.717) is 5.96 Å². The Morgan fingerprint density at radius 2 is 2.25 bits per heavy atom. The van der Waals surface area contributed by atoms with E-state index in [1.165, 1.54) is 50.5 Å². The fraction of sp³-hybridized carbons (Fsp3) is 0.769. The second kappa shape index (κ2) is 5.92. The number of hydrogen-bond donors (Lipinski definition) is 2. The van der Waals surface area contributed by atoms with E-state index < -0.39 is 0 Å². The van der Waals surface area contributed by atoms with Crippen LogP contribution in [0.1, 0.15) is 44.9 Å². The Hall–Kier alpha value is -0.990. The lowest BCUT2D eigenvalue weighted by Crippen LogP contribution is -2.37. The molecule has 0 unspecified atom stereocenters. The normalized spacial score (nSPS) is 22.5. The zero-order chi connectivity index (χ0) is 11.2. The summed E-state index contributed by atoms with van der Waals surface area (Å²) in [6.07, 6.45) is 11.5. The maximum Gasteiger partial charge on any atom is 0.188 e. The second-order valence-electron chi connectivity index (χ2n) is 4.99. The molecular weight excluding hydrogens is 198 g/mol. The highest BCUT2D eigenvalue weighted by atomic mass is 15.1. The summed E-state index contributed by atoms with van der Waals surface area (Å²) in [4.78, 5) is 4.39. The van der Waals surface area contributed by atoms with Crippen molar-refractivity contribution in [3.05, 3.63) is 11.6 Å². The smallest absolute Gasteiger partial charge is 0.188 e. The summed E-state index contributed by atoms with van der Waals surface area (Å²) in [6, 6.07) is 0. The summed E-state index contributed by atoms with van der Waals surface area (Å²) < 4.78 is 0. The maximum absolute atomic E-state index is 5.83. The molecule has 2 rings (SSSR count). The van der Waals surface area contributed by atoms with Gasteiger partial charge >= 0.3 is 0 Å². The number of allylic oxidation sites excluding steroid dienone is 1. The van der Waals surface area contributed by atoms with Crippen molar-refractivity contribution in [2.24, 2.45) is 16.6 Å². The molecule has 3 N–H and O–H groups in total. The monoisotopic (exact) mass is 221 g/mol. The minimum absolute atomic E-state index is 0.623. The first-order chi connectivity index (χ1) is 7.84. The van der Waals surface area contributed by atoms with Gasteiger partial charge in [0, 0.05) is 6.54 Å². The highest BCUT2D eigenvalue weighted by Crippen LogP contribution is 2.25. The van der Waals surface area contributed by atoms with Crippen molar-refractivity contribution in [2.45, 2.75) is 44.9 Å². The van der Waals surface area contributed by atoms with Crippen LogP contribution in [0.15, 0.2) is 16.6 Å². The molecule has 3 heteroatoms. The van der Waals surface area contributed by atoms with Crippen LogP contribution in [0, 0.1) is 5.92 Å². The molecule has 0 aliphatic heterocycles. The first kappa shape index (κ1) is 11.5. The van der Waals surface area contributed by atoms with E-state index in [2.05, 4.69) is 16.4 Å². The van der Waals surface area contributed by atoms with Crippen LogP contribution >= 0.6 is 0 Å². The molecule has 0 aromatic carbocycles. The van der Waals surface area contributed by atoms with Crippen molar-refractivity contribution in [1.82, 2.24) is 5.32 Å². The van der Waals surface area contributed by atoms with E-state index in [9.17, 15) is 0 Å². The Labute approximate surface area is 98.2 Å². The zero-order valence-electron chi connectivity index (χ0n) is 10.0. The van der Waals surface area contributed by atoms with Crippen molar-refractivity contribution >= 4 is 5.96 Å². The average Bonchev–Trinajstić information content (AvgIpc) is 2.26. The Morgan fingerprint density at radius 3 is 2.88 bits per heavy atom. The Balaban J connectivity index is 1.66. The van der Waals surface area contributed by atoms with E-state index in [1.54, 1.807) is 0 Å². The summed E-state index contributed by atoms with van der Waals surface area (Å²) in [5.41, 5.74) is 7.29. The van der Waals surface area contributed by atoms with Gasteiger partial charge in [-0.3, -0.25) is 0 Å². The van der Waals surface area contributed by atoms with Crippen molar-refractivity contribution < 1.29 is 0 Å². The average molecular weight is 221 g/mol. The molecule has 0 bridgehead atoms. The van der Waals surface area contributed by atoms with Crippen LogP contribution in [0.5, 0.6) is 0 Å². The molecule has 1 saturated carbocycles. The molecule has 3 nitrogen and oxygen atoms in total. The number of rotatable bonds is 4. The third-order valence-corrected chi connectivity index (χ3v) is 3.63. The fourth-order valence-electron chi connectivity index (χ4n) is 2.24. The number of guanidine groups is 1. The van der Waals surface area contributed by atoms with E-state index in [4.69, 9.17) is 5.73 Å². The van der Waals surface area contributed by atoms with Crippen LogP contribution in [0.25, 0.3) is 0 Å². The minimum atomic E-state index is 0.623. The zero-order valence-corrected chi connectivity index (χ0v) is 10.0. The van der Waals surface area contributed by atoms with E-state index in [-0.39, 0.29) is 0 Å². The topological polar surface area (TPSA) is 50.4 Å². The van der Waals surface area contributed by atoms with Crippen molar-refractivity contribution in [2.75, 3.05) is 13.1 Å². The van der Waals surface area contributed by atoms with Crippen LogP contribution in [0.4, 0.5) is 0 Å². The minimum Gasteiger partial charge on any atom is -0.370 e. The molecule has 2 aliphatic rings. The SMILES string of the molecule is NC(=NCC1=CCCCC1)NCC1CCC1. The highest BCUT2D eigenvalue weighted by Gasteiger charge is 2.16. The Bertz CT molecular complexity index is 277. The van der Waals surface area contributed by atoms with Gasteiger partial charge < -0.3 is 11.1 Å². The molecule has 1 fully saturated rings. The van der Waals surface area contributed by atoms with Gasteiger partial charge in [0.25, 0.3) is 0 Å². The molecule has 90 valence electrons. The number of nitrogens with one attached hydrogen (secondary N) is 1. The summed E-state index contributed by atoms with van der Waals surface area (Å²) in [5.74, 6) is 1.46. The Morgan fingerprint density at radius 1 is 1.38 bits per heavy atom. The first-order valence-corrected chi connectivity index (χ1v) is 6.56. The lowest BCUT2D eigenvalue weighted by atomic mass is 9.85. The van der Waals surface area contributed by atoms with Crippen molar-refractivity contribution in [3.8, 4) is 0 Å². The van der Waals surface area contributed by atoms with Crippen molar-refractivity contribution in [3.63, 3.8) is 0 Å². The number of nitrogens with two attached hydrogens (primary N) is 1. The molecule has 0 aromatic heterocycles.